The Morgan fingerprint density at radius 2 is 2.41 bits per heavy atom. The molecule has 0 radical (unpaired) electrons. The summed E-state index contributed by atoms with van der Waals surface area (Å²) in [5.74, 6) is 0. The topological polar surface area (TPSA) is 15.3 Å². The SMILES string of the molecule is CN(Cc1cc(Br)cs1)CC1(C)CCCNC1. The number of thiophene rings is 1. The van der Waals surface area contributed by atoms with Crippen molar-refractivity contribution in [3.05, 3.63) is 20.8 Å². The summed E-state index contributed by atoms with van der Waals surface area (Å²) in [6.45, 7) is 6.99. The van der Waals surface area contributed by atoms with E-state index in [1.807, 2.05) is 11.3 Å². The van der Waals surface area contributed by atoms with Gasteiger partial charge in [-0.05, 0) is 53.8 Å². The van der Waals surface area contributed by atoms with E-state index in [9.17, 15) is 0 Å². The highest BCUT2D eigenvalue weighted by Gasteiger charge is 2.27. The van der Waals surface area contributed by atoms with E-state index >= 15 is 0 Å². The number of nitrogens with one attached hydrogen (secondary N) is 1. The van der Waals surface area contributed by atoms with Crippen LogP contribution >= 0.6 is 27.3 Å². The molecule has 0 aliphatic carbocycles. The maximum atomic E-state index is 3.52. The van der Waals surface area contributed by atoms with Gasteiger partial charge in [0.2, 0.25) is 0 Å². The largest absolute Gasteiger partial charge is 0.316 e. The third-order valence-corrected chi connectivity index (χ3v) is 5.07. The molecular formula is C13H21BrN2S. The van der Waals surface area contributed by atoms with Crippen LogP contribution in [0.1, 0.15) is 24.6 Å². The van der Waals surface area contributed by atoms with E-state index in [0.717, 1.165) is 13.1 Å². The van der Waals surface area contributed by atoms with Crippen LogP contribution in [0, 0.1) is 5.41 Å². The molecule has 96 valence electrons. The van der Waals surface area contributed by atoms with Crippen molar-refractivity contribution in [3.63, 3.8) is 0 Å². The first-order valence-corrected chi connectivity index (χ1v) is 7.87. The second-order valence-corrected chi connectivity index (χ2v) is 7.41. The molecule has 1 fully saturated rings. The standard InChI is InChI=1S/C13H21BrN2S/c1-13(4-3-5-15-9-13)10-16(2)7-12-6-11(14)8-17-12/h6,8,15H,3-5,7,9-10H2,1-2H3. The summed E-state index contributed by atoms with van der Waals surface area (Å²) in [6, 6.07) is 2.22. The summed E-state index contributed by atoms with van der Waals surface area (Å²) < 4.78 is 1.21. The predicted molar refractivity (Wildman–Crippen MR) is 78.6 cm³/mol. The van der Waals surface area contributed by atoms with Gasteiger partial charge in [-0.15, -0.1) is 11.3 Å². The minimum Gasteiger partial charge on any atom is -0.316 e. The van der Waals surface area contributed by atoms with Crippen molar-refractivity contribution in [3.8, 4) is 0 Å². The zero-order valence-corrected chi connectivity index (χ0v) is 13.0. The molecule has 1 unspecified atom stereocenters. The lowest BCUT2D eigenvalue weighted by Crippen LogP contribution is -2.44. The molecule has 4 heteroatoms. The summed E-state index contributed by atoms with van der Waals surface area (Å²) >= 11 is 5.35. The molecule has 1 aliphatic heterocycles. The van der Waals surface area contributed by atoms with Crippen LogP contribution in [0.3, 0.4) is 0 Å². The molecule has 2 nitrogen and oxygen atoms in total. The molecule has 2 heterocycles. The average molecular weight is 317 g/mol. The first kappa shape index (κ1) is 13.5. The Morgan fingerprint density at radius 3 is 3.00 bits per heavy atom. The van der Waals surface area contributed by atoms with E-state index < -0.39 is 0 Å². The van der Waals surface area contributed by atoms with Gasteiger partial charge in [0.05, 0.1) is 0 Å². The Morgan fingerprint density at radius 1 is 1.59 bits per heavy atom. The Balaban J connectivity index is 1.85. The van der Waals surface area contributed by atoms with Crippen molar-refractivity contribution in [1.82, 2.24) is 10.2 Å². The summed E-state index contributed by atoms with van der Waals surface area (Å²) in [7, 11) is 2.23. The van der Waals surface area contributed by atoms with Gasteiger partial charge in [0.1, 0.15) is 0 Å². The van der Waals surface area contributed by atoms with Crippen molar-refractivity contribution in [2.24, 2.45) is 5.41 Å². The lowest BCUT2D eigenvalue weighted by Gasteiger charge is -2.37. The molecule has 0 amide bonds. The molecule has 1 aromatic rings. The highest BCUT2D eigenvalue weighted by molar-refractivity contribution is 9.10. The summed E-state index contributed by atoms with van der Waals surface area (Å²) in [6.07, 6.45) is 2.66. The van der Waals surface area contributed by atoms with Crippen molar-refractivity contribution in [1.29, 1.82) is 0 Å². The predicted octanol–water partition coefficient (Wildman–Crippen LogP) is 3.33. The third-order valence-electron chi connectivity index (χ3n) is 3.38. The van der Waals surface area contributed by atoms with Crippen LogP contribution < -0.4 is 5.32 Å². The maximum absolute atomic E-state index is 3.52. The normalized spacial score (nSPS) is 25.4. The van der Waals surface area contributed by atoms with E-state index in [-0.39, 0.29) is 0 Å². The van der Waals surface area contributed by atoms with E-state index in [4.69, 9.17) is 0 Å². The summed E-state index contributed by atoms with van der Waals surface area (Å²) in [5.41, 5.74) is 0.446. The summed E-state index contributed by atoms with van der Waals surface area (Å²) in [4.78, 5) is 3.89. The molecule has 2 rings (SSSR count). The second-order valence-electron chi connectivity index (χ2n) is 5.49. The number of hydrogen-bond acceptors (Lipinski definition) is 3. The fraction of sp³-hybridized carbons (Fsp3) is 0.692. The molecule has 1 N–H and O–H groups in total. The van der Waals surface area contributed by atoms with Gasteiger partial charge in [0, 0.05) is 34.4 Å². The van der Waals surface area contributed by atoms with Crippen LogP contribution in [0.25, 0.3) is 0 Å². The fourth-order valence-electron chi connectivity index (χ4n) is 2.66. The minimum absolute atomic E-state index is 0.446. The van der Waals surface area contributed by atoms with Crippen molar-refractivity contribution < 1.29 is 0 Å². The Bertz CT molecular complexity index is 358. The number of rotatable bonds is 4. The second kappa shape index (κ2) is 5.83. The number of halogens is 1. The molecule has 0 bridgehead atoms. The Hall–Kier alpha value is 0.1000. The van der Waals surface area contributed by atoms with Gasteiger partial charge in [-0.1, -0.05) is 6.92 Å². The van der Waals surface area contributed by atoms with Crippen molar-refractivity contribution >= 4 is 27.3 Å². The molecule has 1 saturated heterocycles. The van der Waals surface area contributed by atoms with E-state index in [0.29, 0.717) is 5.41 Å². The number of hydrogen-bond donors (Lipinski definition) is 1. The number of nitrogens with zero attached hydrogens (tertiary/aromatic N) is 1. The van der Waals surface area contributed by atoms with Crippen LogP contribution in [0.4, 0.5) is 0 Å². The Labute approximate surface area is 117 Å². The van der Waals surface area contributed by atoms with Crippen molar-refractivity contribution in [2.45, 2.75) is 26.3 Å². The zero-order valence-electron chi connectivity index (χ0n) is 10.6. The highest BCUT2D eigenvalue weighted by Crippen LogP contribution is 2.27. The van der Waals surface area contributed by atoms with E-state index in [2.05, 4.69) is 51.6 Å². The van der Waals surface area contributed by atoms with E-state index in [1.165, 1.54) is 35.3 Å². The van der Waals surface area contributed by atoms with Crippen LogP contribution in [-0.2, 0) is 6.54 Å². The first-order valence-electron chi connectivity index (χ1n) is 6.20. The monoisotopic (exact) mass is 316 g/mol. The van der Waals surface area contributed by atoms with Crippen LogP contribution in [-0.4, -0.2) is 31.6 Å². The average Bonchev–Trinajstić information content (AvgIpc) is 2.63. The molecule has 1 atom stereocenters. The third kappa shape index (κ3) is 4.05. The maximum Gasteiger partial charge on any atom is 0.0325 e. The lowest BCUT2D eigenvalue weighted by atomic mass is 9.82. The number of piperidine rings is 1. The fourth-order valence-corrected chi connectivity index (χ4v) is 4.19. The molecule has 17 heavy (non-hydrogen) atoms. The van der Waals surface area contributed by atoms with Gasteiger partial charge < -0.3 is 10.2 Å². The smallest absolute Gasteiger partial charge is 0.0325 e. The molecule has 1 aromatic heterocycles. The molecule has 0 saturated carbocycles. The van der Waals surface area contributed by atoms with Gasteiger partial charge in [-0.2, -0.15) is 0 Å². The van der Waals surface area contributed by atoms with Gasteiger partial charge in [0.15, 0.2) is 0 Å². The van der Waals surface area contributed by atoms with Gasteiger partial charge in [-0.3, -0.25) is 0 Å². The van der Waals surface area contributed by atoms with E-state index in [1.54, 1.807) is 0 Å². The van der Waals surface area contributed by atoms with Gasteiger partial charge in [0.25, 0.3) is 0 Å². The van der Waals surface area contributed by atoms with Crippen LogP contribution in [0.2, 0.25) is 0 Å². The Kier molecular flexibility index (Phi) is 4.64. The quantitative estimate of drug-likeness (QED) is 0.916. The van der Waals surface area contributed by atoms with Gasteiger partial charge in [-0.25, -0.2) is 0 Å². The minimum atomic E-state index is 0.446. The molecule has 0 spiro atoms. The van der Waals surface area contributed by atoms with Crippen molar-refractivity contribution in [2.75, 3.05) is 26.7 Å². The molecular weight excluding hydrogens is 296 g/mol. The zero-order chi connectivity index (χ0) is 12.3. The molecule has 0 aromatic carbocycles. The molecule has 1 aliphatic rings. The van der Waals surface area contributed by atoms with Gasteiger partial charge >= 0.3 is 0 Å². The first-order chi connectivity index (χ1) is 8.07. The lowest BCUT2D eigenvalue weighted by molar-refractivity contribution is 0.149. The van der Waals surface area contributed by atoms with Crippen LogP contribution in [0.5, 0.6) is 0 Å². The highest BCUT2D eigenvalue weighted by atomic mass is 79.9. The van der Waals surface area contributed by atoms with Crippen LogP contribution in [0.15, 0.2) is 15.9 Å². The summed E-state index contributed by atoms with van der Waals surface area (Å²) in [5, 5.41) is 5.68.